The topological polar surface area (TPSA) is 105 Å². The second kappa shape index (κ2) is 12.6. The van der Waals surface area contributed by atoms with Gasteiger partial charge in [0.2, 0.25) is 0 Å². The number of likely N-dealkylation sites (tertiary alicyclic amines) is 1. The van der Waals surface area contributed by atoms with Crippen molar-refractivity contribution >= 4 is 28.5 Å². The highest BCUT2D eigenvalue weighted by Crippen LogP contribution is 2.35. The number of benzene rings is 2. The van der Waals surface area contributed by atoms with E-state index in [4.69, 9.17) is 9.47 Å². The number of amides is 3. The van der Waals surface area contributed by atoms with E-state index in [2.05, 4.69) is 32.9 Å². The Morgan fingerprint density at radius 3 is 2.50 bits per heavy atom. The highest BCUT2D eigenvalue weighted by molar-refractivity contribution is 6.02. The predicted molar refractivity (Wildman–Crippen MR) is 149 cm³/mol. The number of aromatic nitrogens is 1. The maximum Gasteiger partial charge on any atom is 0.319 e. The van der Waals surface area contributed by atoms with Crippen LogP contribution in [0.25, 0.3) is 10.9 Å². The lowest BCUT2D eigenvalue weighted by atomic mass is 9.98. The molecule has 0 atom stereocenters. The molecule has 38 heavy (non-hydrogen) atoms. The second-order valence-corrected chi connectivity index (χ2v) is 9.65. The molecule has 0 radical (unpaired) electrons. The first-order valence-corrected chi connectivity index (χ1v) is 13.2. The van der Waals surface area contributed by atoms with Crippen molar-refractivity contribution in [3.8, 4) is 17.2 Å². The first kappa shape index (κ1) is 27.2. The Balaban J connectivity index is 1.59. The third-order valence-corrected chi connectivity index (χ3v) is 6.71. The maximum absolute atomic E-state index is 13.0. The standard InChI is InChI=1S/C29H37N5O4/c1-5-30-28(35)23-16-22-25(17-27(23)37-18-20-10-13-34(4)14-11-20)32-12-9-26(22)38-21-7-8-24(19(3)15-21)33-29(36)31-6-2/h7-9,12,15-17,20H,5-6,10-11,13-14,18H2,1-4H3,(H,30,35)(H2,31,33,36). The van der Waals surface area contributed by atoms with Crippen LogP contribution in [-0.2, 0) is 0 Å². The van der Waals surface area contributed by atoms with Gasteiger partial charge in [0.25, 0.3) is 5.91 Å². The summed E-state index contributed by atoms with van der Waals surface area (Å²) in [4.78, 5) is 31.7. The van der Waals surface area contributed by atoms with E-state index in [9.17, 15) is 9.59 Å². The lowest BCUT2D eigenvalue weighted by Gasteiger charge is -2.29. The minimum absolute atomic E-state index is 0.195. The van der Waals surface area contributed by atoms with Crippen molar-refractivity contribution in [1.82, 2.24) is 20.5 Å². The number of ether oxygens (including phenoxy) is 2. The van der Waals surface area contributed by atoms with Crippen LogP contribution in [0.15, 0.2) is 42.6 Å². The molecule has 2 heterocycles. The van der Waals surface area contributed by atoms with Crippen LogP contribution in [0.5, 0.6) is 17.2 Å². The number of urea groups is 1. The zero-order valence-electron chi connectivity index (χ0n) is 22.6. The second-order valence-electron chi connectivity index (χ2n) is 9.65. The summed E-state index contributed by atoms with van der Waals surface area (Å²) in [6, 6.07) is 10.6. The summed E-state index contributed by atoms with van der Waals surface area (Å²) >= 11 is 0. The van der Waals surface area contributed by atoms with Gasteiger partial charge in [-0.05, 0) is 95.6 Å². The number of carbonyl (C=O) groups excluding carboxylic acids is 2. The van der Waals surface area contributed by atoms with E-state index in [0.29, 0.717) is 65.0 Å². The van der Waals surface area contributed by atoms with E-state index >= 15 is 0 Å². The van der Waals surface area contributed by atoms with E-state index in [1.54, 1.807) is 30.5 Å². The summed E-state index contributed by atoms with van der Waals surface area (Å²) in [7, 11) is 2.14. The van der Waals surface area contributed by atoms with Gasteiger partial charge in [0, 0.05) is 36.4 Å². The van der Waals surface area contributed by atoms with Gasteiger partial charge in [-0.3, -0.25) is 9.78 Å². The molecule has 0 aliphatic carbocycles. The Bertz CT molecular complexity index is 1290. The van der Waals surface area contributed by atoms with E-state index in [1.807, 2.05) is 32.9 Å². The van der Waals surface area contributed by atoms with Gasteiger partial charge in [-0.15, -0.1) is 0 Å². The number of hydrogen-bond acceptors (Lipinski definition) is 6. The molecule has 3 amide bonds. The molecule has 0 unspecified atom stereocenters. The summed E-state index contributed by atoms with van der Waals surface area (Å²) in [5, 5.41) is 9.15. The number of rotatable bonds is 9. The van der Waals surface area contributed by atoms with Crippen molar-refractivity contribution in [2.45, 2.75) is 33.6 Å². The van der Waals surface area contributed by atoms with Crippen LogP contribution in [0, 0.1) is 12.8 Å². The molecule has 1 aromatic heterocycles. The molecular weight excluding hydrogens is 482 g/mol. The molecule has 1 aliphatic heterocycles. The number of nitrogens with zero attached hydrogens (tertiary/aromatic N) is 2. The Labute approximate surface area is 223 Å². The lowest BCUT2D eigenvalue weighted by molar-refractivity contribution is 0.0949. The zero-order valence-corrected chi connectivity index (χ0v) is 22.6. The largest absolute Gasteiger partial charge is 0.492 e. The highest BCUT2D eigenvalue weighted by atomic mass is 16.5. The number of nitrogens with one attached hydrogen (secondary N) is 3. The normalized spacial score (nSPS) is 14.2. The van der Waals surface area contributed by atoms with E-state index < -0.39 is 0 Å². The maximum atomic E-state index is 13.0. The quantitative estimate of drug-likeness (QED) is 0.370. The van der Waals surface area contributed by atoms with Crippen molar-refractivity contribution in [2.75, 3.05) is 45.2 Å². The fraction of sp³-hybridized carbons (Fsp3) is 0.414. The van der Waals surface area contributed by atoms with E-state index in [1.165, 1.54) is 0 Å². The summed E-state index contributed by atoms with van der Waals surface area (Å²) in [5.41, 5.74) is 2.70. The third-order valence-electron chi connectivity index (χ3n) is 6.71. The molecule has 2 aromatic carbocycles. The Morgan fingerprint density at radius 2 is 1.79 bits per heavy atom. The minimum Gasteiger partial charge on any atom is -0.492 e. The number of aryl methyl sites for hydroxylation is 1. The van der Waals surface area contributed by atoms with Crippen LogP contribution in [0.1, 0.15) is 42.6 Å². The van der Waals surface area contributed by atoms with Gasteiger partial charge in [0.1, 0.15) is 17.2 Å². The van der Waals surface area contributed by atoms with Crippen molar-refractivity contribution in [2.24, 2.45) is 5.92 Å². The monoisotopic (exact) mass is 519 g/mol. The van der Waals surface area contributed by atoms with Crippen molar-refractivity contribution in [3.63, 3.8) is 0 Å². The van der Waals surface area contributed by atoms with Gasteiger partial charge < -0.3 is 30.3 Å². The summed E-state index contributed by atoms with van der Waals surface area (Å²) in [6.45, 7) is 9.39. The van der Waals surface area contributed by atoms with Crippen molar-refractivity contribution < 1.29 is 19.1 Å². The Hall–Kier alpha value is -3.85. The number of anilines is 1. The molecule has 1 saturated heterocycles. The highest BCUT2D eigenvalue weighted by Gasteiger charge is 2.21. The van der Waals surface area contributed by atoms with Gasteiger partial charge in [0.05, 0.1) is 17.7 Å². The molecule has 9 nitrogen and oxygen atoms in total. The van der Waals surface area contributed by atoms with Crippen LogP contribution < -0.4 is 25.4 Å². The molecule has 0 saturated carbocycles. The fourth-order valence-electron chi connectivity index (χ4n) is 4.52. The summed E-state index contributed by atoms with van der Waals surface area (Å²) < 4.78 is 12.5. The van der Waals surface area contributed by atoms with Gasteiger partial charge in [-0.1, -0.05) is 0 Å². The first-order chi connectivity index (χ1) is 18.4. The molecule has 3 N–H and O–H groups in total. The molecule has 9 heteroatoms. The zero-order chi connectivity index (χ0) is 27.1. The van der Waals surface area contributed by atoms with Gasteiger partial charge in [-0.2, -0.15) is 0 Å². The molecule has 0 bridgehead atoms. The molecular formula is C29H37N5O4. The van der Waals surface area contributed by atoms with Crippen LogP contribution in [0.4, 0.5) is 10.5 Å². The molecule has 202 valence electrons. The minimum atomic E-state index is -0.254. The number of piperidine rings is 1. The molecule has 0 spiro atoms. The van der Waals surface area contributed by atoms with Crippen molar-refractivity contribution in [1.29, 1.82) is 0 Å². The average molecular weight is 520 g/mol. The average Bonchev–Trinajstić information content (AvgIpc) is 2.90. The number of hydrogen-bond donors (Lipinski definition) is 3. The number of carbonyl (C=O) groups is 2. The van der Waals surface area contributed by atoms with Gasteiger partial charge >= 0.3 is 6.03 Å². The third kappa shape index (κ3) is 6.72. The molecule has 4 rings (SSSR count). The first-order valence-electron chi connectivity index (χ1n) is 13.2. The van der Waals surface area contributed by atoms with Crippen LogP contribution in [0.2, 0.25) is 0 Å². The van der Waals surface area contributed by atoms with Crippen LogP contribution in [-0.4, -0.2) is 61.7 Å². The summed E-state index contributed by atoms with van der Waals surface area (Å²) in [6.07, 6.45) is 3.84. The Kier molecular flexibility index (Phi) is 9.02. The van der Waals surface area contributed by atoms with E-state index in [-0.39, 0.29) is 11.9 Å². The lowest BCUT2D eigenvalue weighted by Crippen LogP contribution is -2.32. The molecule has 1 fully saturated rings. The van der Waals surface area contributed by atoms with Gasteiger partial charge in [0.15, 0.2) is 0 Å². The van der Waals surface area contributed by atoms with Gasteiger partial charge in [-0.25, -0.2) is 4.79 Å². The smallest absolute Gasteiger partial charge is 0.319 e. The number of fused-ring (bicyclic) bond motifs is 1. The SMILES string of the molecule is CCNC(=O)Nc1ccc(Oc2ccnc3cc(OCC4CCN(C)CC4)c(C(=O)NCC)cc23)cc1C. The van der Waals surface area contributed by atoms with Crippen LogP contribution in [0.3, 0.4) is 0 Å². The predicted octanol–water partition coefficient (Wildman–Crippen LogP) is 4.95. The fourth-order valence-corrected chi connectivity index (χ4v) is 4.52. The van der Waals surface area contributed by atoms with E-state index in [0.717, 1.165) is 31.5 Å². The van der Waals surface area contributed by atoms with Crippen LogP contribution >= 0.6 is 0 Å². The summed E-state index contributed by atoms with van der Waals surface area (Å²) in [5.74, 6) is 1.98. The molecule has 3 aromatic rings. The molecule has 1 aliphatic rings. The Morgan fingerprint density at radius 1 is 1.03 bits per heavy atom. The number of pyridine rings is 1. The van der Waals surface area contributed by atoms with Crippen molar-refractivity contribution in [3.05, 3.63) is 53.7 Å².